The Hall–Kier alpha value is -2.77. The smallest absolute Gasteiger partial charge is 0.284 e. The van der Waals surface area contributed by atoms with E-state index in [9.17, 15) is 9.59 Å². The zero-order valence-corrected chi connectivity index (χ0v) is 19.9. The van der Waals surface area contributed by atoms with Crippen molar-refractivity contribution in [1.29, 1.82) is 0 Å². The zero-order chi connectivity index (χ0) is 22.8. The number of benzene rings is 2. The van der Waals surface area contributed by atoms with E-state index in [1.54, 1.807) is 0 Å². The first-order valence-corrected chi connectivity index (χ1v) is 12.7. The van der Waals surface area contributed by atoms with Gasteiger partial charge < -0.3 is 10.2 Å². The van der Waals surface area contributed by atoms with E-state index in [0.29, 0.717) is 10.9 Å². The summed E-state index contributed by atoms with van der Waals surface area (Å²) in [6, 6.07) is 13.9. The summed E-state index contributed by atoms with van der Waals surface area (Å²) in [5.74, 6) is 0.452. The van der Waals surface area contributed by atoms with E-state index in [4.69, 9.17) is 0 Å². The van der Waals surface area contributed by atoms with Crippen LogP contribution in [0.3, 0.4) is 0 Å². The first-order chi connectivity index (χ1) is 16.1. The predicted octanol–water partition coefficient (Wildman–Crippen LogP) is 4.69. The Kier molecular flexibility index (Phi) is 6.42. The number of amides is 2. The van der Waals surface area contributed by atoms with Crippen molar-refractivity contribution >= 4 is 39.1 Å². The fourth-order valence-electron chi connectivity index (χ4n) is 4.93. The van der Waals surface area contributed by atoms with Crippen molar-refractivity contribution in [2.75, 3.05) is 31.5 Å². The molecule has 0 unspecified atom stereocenters. The number of piperazine rings is 1. The number of nitrogens with zero attached hydrogens (tertiary/aromatic N) is 3. The molecule has 2 amide bonds. The van der Waals surface area contributed by atoms with Gasteiger partial charge in [-0.25, -0.2) is 4.98 Å². The molecular formula is C26H30N4O2S. The molecule has 2 aliphatic rings. The molecule has 1 aromatic heterocycles. The molecule has 5 rings (SSSR count). The van der Waals surface area contributed by atoms with Crippen molar-refractivity contribution in [3.8, 4) is 0 Å². The summed E-state index contributed by atoms with van der Waals surface area (Å²) >= 11 is 1.41. The maximum atomic E-state index is 12.8. The van der Waals surface area contributed by atoms with E-state index in [2.05, 4.69) is 33.1 Å². The van der Waals surface area contributed by atoms with Crippen LogP contribution in [0, 0.1) is 12.8 Å². The zero-order valence-electron chi connectivity index (χ0n) is 19.0. The first kappa shape index (κ1) is 22.0. The normalized spacial score (nSPS) is 17.5. The minimum Gasteiger partial charge on any atom is -0.340 e. The molecule has 1 aliphatic carbocycles. The van der Waals surface area contributed by atoms with Gasteiger partial charge in [-0.2, -0.15) is 0 Å². The van der Waals surface area contributed by atoms with Gasteiger partial charge in [-0.15, -0.1) is 11.3 Å². The Morgan fingerprint density at radius 3 is 2.55 bits per heavy atom. The molecule has 1 N–H and O–H groups in total. The van der Waals surface area contributed by atoms with Crippen LogP contribution in [0.5, 0.6) is 0 Å². The lowest BCUT2D eigenvalue weighted by Crippen LogP contribution is -2.49. The number of para-hydroxylation sites is 1. The molecule has 2 heterocycles. The summed E-state index contributed by atoms with van der Waals surface area (Å²) in [5.41, 5.74) is 3.96. The molecule has 33 heavy (non-hydrogen) atoms. The highest BCUT2D eigenvalue weighted by atomic mass is 32.1. The summed E-state index contributed by atoms with van der Waals surface area (Å²) in [4.78, 5) is 34.5. The highest BCUT2D eigenvalue weighted by Crippen LogP contribution is 2.28. The molecule has 0 bridgehead atoms. The van der Waals surface area contributed by atoms with Crippen molar-refractivity contribution in [2.24, 2.45) is 5.92 Å². The fourth-order valence-corrected chi connectivity index (χ4v) is 5.79. The lowest BCUT2D eigenvalue weighted by molar-refractivity contribution is -0.137. The average Bonchev–Trinajstić information content (AvgIpc) is 3.52. The number of nitrogens with one attached hydrogen (secondary N) is 1. The lowest BCUT2D eigenvalue weighted by Gasteiger charge is -2.36. The van der Waals surface area contributed by atoms with E-state index >= 15 is 0 Å². The monoisotopic (exact) mass is 462 g/mol. The third-order valence-corrected chi connectivity index (χ3v) is 8.00. The molecule has 172 valence electrons. The Morgan fingerprint density at radius 1 is 1.03 bits per heavy atom. The van der Waals surface area contributed by atoms with Crippen LogP contribution in [0.2, 0.25) is 0 Å². The maximum absolute atomic E-state index is 12.8. The number of carbonyl (C=O) groups is 2. The molecule has 2 fully saturated rings. The van der Waals surface area contributed by atoms with Crippen molar-refractivity contribution < 1.29 is 9.59 Å². The standard InChI is InChI=1S/C26H30N4O2S/c1-18-20(17-29-13-15-30(16-14-29)26(32)19-7-2-3-8-19)9-6-11-21(18)27-24(31)25-28-22-10-4-5-12-23(22)33-25/h4-6,9-12,19H,2-3,7-8,13-17H2,1H3,(H,27,31). The molecule has 6 nitrogen and oxygen atoms in total. The van der Waals surface area contributed by atoms with Crippen molar-refractivity contribution in [2.45, 2.75) is 39.2 Å². The Labute approximate surface area is 198 Å². The number of thiazole rings is 1. The van der Waals surface area contributed by atoms with Crippen LogP contribution in [0.15, 0.2) is 42.5 Å². The van der Waals surface area contributed by atoms with Gasteiger partial charge in [-0.1, -0.05) is 37.1 Å². The van der Waals surface area contributed by atoms with Crippen LogP contribution in [-0.2, 0) is 11.3 Å². The summed E-state index contributed by atoms with van der Waals surface area (Å²) in [5, 5.41) is 3.53. The maximum Gasteiger partial charge on any atom is 0.284 e. The Bertz CT molecular complexity index is 1130. The van der Waals surface area contributed by atoms with Crippen molar-refractivity contribution in [3.63, 3.8) is 0 Å². The Balaban J connectivity index is 1.21. The number of rotatable bonds is 5. The van der Waals surface area contributed by atoms with Gasteiger partial charge in [0.2, 0.25) is 5.91 Å². The quantitative estimate of drug-likeness (QED) is 0.597. The van der Waals surface area contributed by atoms with Crippen LogP contribution in [0.25, 0.3) is 10.2 Å². The van der Waals surface area contributed by atoms with Crippen molar-refractivity contribution in [3.05, 3.63) is 58.6 Å². The SMILES string of the molecule is Cc1c(CN2CCN(C(=O)C3CCCC3)CC2)cccc1NC(=O)c1nc2ccccc2s1. The molecule has 3 aromatic rings. The number of anilines is 1. The molecule has 1 saturated carbocycles. The molecule has 7 heteroatoms. The van der Waals surface area contributed by atoms with E-state index in [1.807, 2.05) is 36.4 Å². The highest BCUT2D eigenvalue weighted by Gasteiger charge is 2.29. The molecule has 0 spiro atoms. The summed E-state index contributed by atoms with van der Waals surface area (Å²) < 4.78 is 1.01. The molecule has 0 radical (unpaired) electrons. The van der Waals surface area contributed by atoms with Crippen LogP contribution in [0.1, 0.15) is 46.6 Å². The minimum atomic E-state index is -0.171. The van der Waals surface area contributed by atoms with Crippen molar-refractivity contribution in [1.82, 2.24) is 14.8 Å². The second kappa shape index (κ2) is 9.61. The van der Waals surface area contributed by atoms with Gasteiger partial charge >= 0.3 is 0 Å². The van der Waals surface area contributed by atoms with Crippen LogP contribution < -0.4 is 5.32 Å². The van der Waals surface area contributed by atoms with Gasteiger partial charge in [0.1, 0.15) is 0 Å². The van der Waals surface area contributed by atoms with Gasteiger partial charge in [-0.05, 0) is 49.1 Å². The van der Waals surface area contributed by atoms with Crippen LogP contribution in [-0.4, -0.2) is 52.8 Å². The van der Waals surface area contributed by atoms with Gasteiger partial charge in [0, 0.05) is 44.3 Å². The molecular weight excluding hydrogens is 432 g/mol. The summed E-state index contributed by atoms with van der Waals surface area (Å²) in [6.45, 7) is 6.27. The molecule has 1 saturated heterocycles. The number of fused-ring (bicyclic) bond motifs is 1. The van der Waals surface area contributed by atoms with E-state index in [0.717, 1.165) is 67.0 Å². The van der Waals surface area contributed by atoms with Gasteiger partial charge in [0.05, 0.1) is 10.2 Å². The first-order valence-electron chi connectivity index (χ1n) is 11.8. The molecule has 1 aliphatic heterocycles. The molecule has 0 atom stereocenters. The lowest BCUT2D eigenvalue weighted by atomic mass is 10.0. The predicted molar refractivity (Wildman–Crippen MR) is 133 cm³/mol. The van der Waals surface area contributed by atoms with Crippen LogP contribution in [0.4, 0.5) is 5.69 Å². The third kappa shape index (κ3) is 4.80. The van der Waals surface area contributed by atoms with Gasteiger partial charge in [0.25, 0.3) is 5.91 Å². The Morgan fingerprint density at radius 2 is 1.79 bits per heavy atom. The highest BCUT2D eigenvalue weighted by molar-refractivity contribution is 7.20. The fraction of sp³-hybridized carbons (Fsp3) is 0.423. The number of aromatic nitrogens is 1. The number of carbonyl (C=O) groups excluding carboxylic acids is 2. The second-order valence-corrected chi connectivity index (χ2v) is 10.1. The molecule has 2 aromatic carbocycles. The summed E-state index contributed by atoms with van der Waals surface area (Å²) in [6.07, 6.45) is 4.52. The van der Waals surface area contributed by atoms with Gasteiger partial charge in [-0.3, -0.25) is 14.5 Å². The minimum absolute atomic E-state index is 0.171. The third-order valence-electron chi connectivity index (χ3n) is 6.96. The largest absolute Gasteiger partial charge is 0.340 e. The average molecular weight is 463 g/mol. The van der Waals surface area contributed by atoms with E-state index in [1.165, 1.54) is 29.7 Å². The van der Waals surface area contributed by atoms with Gasteiger partial charge in [0.15, 0.2) is 5.01 Å². The van der Waals surface area contributed by atoms with E-state index < -0.39 is 0 Å². The number of hydrogen-bond donors (Lipinski definition) is 1. The topological polar surface area (TPSA) is 65.5 Å². The second-order valence-electron chi connectivity index (χ2n) is 9.11. The summed E-state index contributed by atoms with van der Waals surface area (Å²) in [7, 11) is 0. The van der Waals surface area contributed by atoms with E-state index in [-0.39, 0.29) is 11.8 Å². The number of hydrogen-bond acceptors (Lipinski definition) is 5. The van der Waals surface area contributed by atoms with Crippen LogP contribution >= 0.6 is 11.3 Å².